The first-order chi connectivity index (χ1) is 19.8. The molecule has 5 atom stereocenters. The van der Waals surface area contributed by atoms with Gasteiger partial charge in [0.2, 0.25) is 0 Å². The first-order valence-electron chi connectivity index (χ1n) is 14.3. The highest BCUT2D eigenvalue weighted by molar-refractivity contribution is 5.77. The van der Waals surface area contributed by atoms with Gasteiger partial charge in [-0.2, -0.15) is 0 Å². The first kappa shape index (κ1) is 30.6. The summed E-state index contributed by atoms with van der Waals surface area (Å²) in [5.41, 5.74) is 4.20. The summed E-state index contributed by atoms with van der Waals surface area (Å²) in [6.45, 7) is 6.60. The van der Waals surface area contributed by atoms with E-state index in [0.717, 1.165) is 36.1 Å². The molecule has 1 aliphatic heterocycles. The highest BCUT2D eigenvalue weighted by atomic mass is 16.7. The lowest BCUT2D eigenvalue weighted by atomic mass is 9.67. The normalized spacial score (nSPS) is 21.6. The molecule has 0 saturated carbocycles. The molecule has 1 N–H and O–H groups in total. The lowest BCUT2D eigenvalue weighted by molar-refractivity contribution is -0.296. The molecule has 4 rings (SSSR count). The van der Waals surface area contributed by atoms with Gasteiger partial charge in [0.15, 0.2) is 6.29 Å². The Hall–Kier alpha value is -3.39. The van der Waals surface area contributed by atoms with Crippen LogP contribution in [0.1, 0.15) is 55.0 Å². The molecule has 0 aliphatic carbocycles. The van der Waals surface area contributed by atoms with E-state index in [0.29, 0.717) is 6.61 Å². The van der Waals surface area contributed by atoms with E-state index in [1.807, 2.05) is 61.5 Å². The smallest absolute Gasteiger partial charge is 0.320 e. The number of ether oxygens (including phenoxy) is 4. The molecular formula is C34H44N2O5. The van der Waals surface area contributed by atoms with E-state index >= 15 is 0 Å². The molecule has 0 aromatic heterocycles. The van der Waals surface area contributed by atoms with Crippen molar-refractivity contribution in [2.75, 3.05) is 21.3 Å². The van der Waals surface area contributed by atoms with Gasteiger partial charge in [-0.05, 0) is 61.9 Å². The molecule has 1 aliphatic rings. The van der Waals surface area contributed by atoms with E-state index in [2.05, 4.69) is 43.4 Å². The van der Waals surface area contributed by atoms with Crippen molar-refractivity contribution in [1.29, 1.82) is 0 Å². The summed E-state index contributed by atoms with van der Waals surface area (Å²) < 4.78 is 23.6. The molecule has 1 heterocycles. The van der Waals surface area contributed by atoms with Crippen LogP contribution in [-0.2, 0) is 27.2 Å². The molecule has 0 spiro atoms. The minimum atomic E-state index is -0.648. The molecule has 41 heavy (non-hydrogen) atoms. The van der Waals surface area contributed by atoms with E-state index in [1.54, 1.807) is 26.2 Å². The molecule has 5 unspecified atom stereocenters. The van der Waals surface area contributed by atoms with Gasteiger partial charge in [0.25, 0.3) is 0 Å². The Morgan fingerprint density at radius 1 is 0.951 bits per heavy atom. The number of nitrogens with one attached hydrogen (secondary N) is 1. The van der Waals surface area contributed by atoms with Crippen LogP contribution in [0.4, 0.5) is 4.79 Å². The molecule has 1 saturated heterocycles. The van der Waals surface area contributed by atoms with Crippen LogP contribution in [0.5, 0.6) is 5.75 Å². The van der Waals surface area contributed by atoms with Crippen LogP contribution in [0.3, 0.4) is 0 Å². The summed E-state index contributed by atoms with van der Waals surface area (Å²) >= 11 is 0. The second kappa shape index (κ2) is 14.0. The number of hydrogen-bond acceptors (Lipinski definition) is 5. The number of likely N-dealkylation sites (tertiary alicyclic amines) is 1. The highest BCUT2D eigenvalue weighted by Crippen LogP contribution is 2.50. The minimum Gasteiger partial charge on any atom is -0.497 e. The quantitative estimate of drug-likeness (QED) is 0.237. The van der Waals surface area contributed by atoms with Gasteiger partial charge in [-0.3, -0.25) is 4.90 Å². The Morgan fingerprint density at radius 3 is 2.22 bits per heavy atom. The average molecular weight is 561 g/mol. The molecule has 3 aromatic rings. The Bertz CT molecular complexity index is 1230. The number of carbonyl (C=O) groups is 1. The zero-order valence-corrected chi connectivity index (χ0v) is 25.1. The number of benzene rings is 3. The fourth-order valence-electron chi connectivity index (χ4n) is 5.88. The lowest BCUT2D eigenvalue weighted by Crippen LogP contribution is -2.77. The predicted octanol–water partition coefficient (Wildman–Crippen LogP) is 6.65. The maximum atomic E-state index is 13.8. The Labute approximate surface area is 244 Å². The van der Waals surface area contributed by atoms with Crippen LogP contribution >= 0.6 is 0 Å². The number of amides is 2. The maximum absolute atomic E-state index is 13.8. The summed E-state index contributed by atoms with van der Waals surface area (Å²) in [6.07, 6.45) is 1.66. The van der Waals surface area contributed by atoms with Crippen molar-refractivity contribution >= 4 is 6.03 Å². The average Bonchev–Trinajstić information content (AvgIpc) is 2.99. The van der Waals surface area contributed by atoms with Gasteiger partial charge in [0, 0.05) is 19.6 Å². The number of rotatable bonds is 13. The van der Waals surface area contributed by atoms with Crippen LogP contribution in [0.15, 0.2) is 78.9 Å². The largest absolute Gasteiger partial charge is 0.497 e. The zero-order chi connectivity index (χ0) is 29.4. The lowest BCUT2D eigenvalue weighted by Gasteiger charge is -2.62. The summed E-state index contributed by atoms with van der Waals surface area (Å²) in [4.78, 5) is 15.5. The number of nitrogens with zero attached hydrogens (tertiary/aromatic N) is 1. The zero-order valence-electron chi connectivity index (χ0n) is 25.1. The molecule has 2 amide bonds. The summed E-state index contributed by atoms with van der Waals surface area (Å²) in [6, 6.07) is 25.6. The van der Waals surface area contributed by atoms with E-state index < -0.39 is 12.5 Å². The Morgan fingerprint density at radius 2 is 1.61 bits per heavy atom. The Balaban J connectivity index is 1.53. The fourth-order valence-corrected chi connectivity index (χ4v) is 5.88. The highest BCUT2D eigenvalue weighted by Gasteiger charge is 2.63. The Kier molecular flexibility index (Phi) is 10.4. The third-order valence-electron chi connectivity index (χ3n) is 8.25. The number of aryl methyl sites for hydroxylation is 2. The van der Waals surface area contributed by atoms with Crippen LogP contribution in [-0.4, -0.2) is 50.8 Å². The van der Waals surface area contributed by atoms with Gasteiger partial charge in [0.05, 0.1) is 25.8 Å². The summed E-state index contributed by atoms with van der Waals surface area (Å²) in [5, 5.41) is 3.16. The first-order valence-corrected chi connectivity index (χ1v) is 14.3. The number of carbonyl (C=O) groups excluding carboxylic acids is 1. The molecule has 220 valence electrons. The van der Waals surface area contributed by atoms with Crippen molar-refractivity contribution in [3.05, 3.63) is 101 Å². The van der Waals surface area contributed by atoms with Gasteiger partial charge in [0.1, 0.15) is 12.0 Å². The van der Waals surface area contributed by atoms with E-state index in [9.17, 15) is 4.79 Å². The number of hydrogen-bond donors (Lipinski definition) is 1. The van der Waals surface area contributed by atoms with Gasteiger partial charge >= 0.3 is 6.03 Å². The third kappa shape index (κ3) is 7.10. The van der Waals surface area contributed by atoms with E-state index in [4.69, 9.17) is 18.9 Å². The number of urea groups is 1. The predicted molar refractivity (Wildman–Crippen MR) is 161 cm³/mol. The van der Waals surface area contributed by atoms with Crippen molar-refractivity contribution in [3.8, 4) is 5.75 Å². The van der Waals surface area contributed by atoms with Crippen molar-refractivity contribution in [2.45, 2.75) is 71.2 Å². The van der Waals surface area contributed by atoms with Gasteiger partial charge < -0.3 is 24.3 Å². The number of methoxy groups -OCH3 is 3. The third-order valence-corrected chi connectivity index (χ3v) is 8.25. The monoisotopic (exact) mass is 560 g/mol. The van der Waals surface area contributed by atoms with Crippen LogP contribution in [0.2, 0.25) is 0 Å². The molecule has 7 heteroatoms. The summed E-state index contributed by atoms with van der Waals surface area (Å²) in [5.74, 6) is 0.788. The van der Waals surface area contributed by atoms with Gasteiger partial charge in [-0.1, -0.05) is 79.2 Å². The van der Waals surface area contributed by atoms with Crippen LogP contribution in [0, 0.1) is 12.3 Å². The van der Waals surface area contributed by atoms with Gasteiger partial charge in [-0.15, -0.1) is 0 Å². The second-order valence-electron chi connectivity index (χ2n) is 11.1. The molecule has 3 aromatic carbocycles. The van der Waals surface area contributed by atoms with Crippen LogP contribution in [0.25, 0.3) is 0 Å². The molecule has 0 radical (unpaired) electrons. The standard InChI is InChI=1S/C34H44N2O5/c1-24-14-16-26(17-15-24)11-10-22-34(3)30(31(39-5)41-23-27-18-20-29(38-4)21-19-27)36(32(34)40-6)33(37)35-25(2)28-12-8-7-9-13-28/h7-9,12-21,25,30-32H,10-11,22-23H2,1-6H3,(H,35,37). The van der Waals surface area contributed by atoms with E-state index in [-0.39, 0.29) is 23.5 Å². The van der Waals surface area contributed by atoms with Crippen LogP contribution < -0.4 is 10.1 Å². The molecular weight excluding hydrogens is 516 g/mol. The van der Waals surface area contributed by atoms with Gasteiger partial charge in [-0.25, -0.2) is 4.79 Å². The minimum absolute atomic E-state index is 0.170. The fraction of sp³-hybridized carbons (Fsp3) is 0.441. The topological polar surface area (TPSA) is 69.3 Å². The maximum Gasteiger partial charge on any atom is 0.320 e. The molecule has 7 nitrogen and oxygen atoms in total. The SMILES string of the molecule is COc1ccc(COC(OC)C2N(C(=O)NC(C)c3ccccc3)C(OC)C2(C)CCCc2ccc(C)cc2)cc1. The molecule has 1 fully saturated rings. The summed E-state index contributed by atoms with van der Waals surface area (Å²) in [7, 11) is 4.95. The van der Waals surface area contributed by atoms with Crippen molar-refractivity contribution in [2.24, 2.45) is 5.41 Å². The molecule has 0 bridgehead atoms. The van der Waals surface area contributed by atoms with E-state index in [1.165, 1.54) is 11.1 Å². The second-order valence-corrected chi connectivity index (χ2v) is 11.1. The van der Waals surface area contributed by atoms with Crippen molar-refractivity contribution < 1.29 is 23.7 Å². The van der Waals surface area contributed by atoms with Crippen molar-refractivity contribution in [3.63, 3.8) is 0 Å². The van der Waals surface area contributed by atoms with Crippen molar-refractivity contribution in [1.82, 2.24) is 10.2 Å².